The third-order valence-electron chi connectivity index (χ3n) is 6.11. The van der Waals surface area contributed by atoms with E-state index in [1.807, 2.05) is 12.1 Å². The number of carbonyl (C=O) groups excluding carboxylic acids is 1. The van der Waals surface area contributed by atoms with Crippen molar-refractivity contribution in [1.29, 1.82) is 0 Å². The quantitative estimate of drug-likeness (QED) is 0.751. The summed E-state index contributed by atoms with van der Waals surface area (Å²) < 4.78 is 33.6. The zero-order chi connectivity index (χ0) is 19.7. The Balaban J connectivity index is 1.24. The van der Waals surface area contributed by atoms with Crippen molar-refractivity contribution in [2.45, 2.75) is 31.5 Å². The lowest BCUT2D eigenvalue weighted by Gasteiger charge is -2.35. The number of fused-ring (bicyclic) bond motifs is 1. The van der Waals surface area contributed by atoms with Gasteiger partial charge in [-0.05, 0) is 36.6 Å². The Labute approximate surface area is 166 Å². The molecule has 154 valence electrons. The molecule has 3 aliphatic heterocycles. The average Bonchev–Trinajstić information content (AvgIpc) is 3.03. The van der Waals surface area contributed by atoms with Crippen LogP contribution in [0.25, 0.3) is 0 Å². The number of methoxy groups -OCH3 is 1. The van der Waals surface area contributed by atoms with Gasteiger partial charge in [-0.15, -0.1) is 0 Å². The first kappa shape index (κ1) is 19.7. The maximum Gasteiger partial charge on any atom is 0.222 e. The second-order valence-corrected chi connectivity index (χ2v) is 10.4. The molecule has 4 rings (SSSR count). The van der Waals surface area contributed by atoms with Crippen LogP contribution in [0.3, 0.4) is 0 Å². The molecule has 1 aromatic carbocycles. The van der Waals surface area contributed by atoms with Crippen LogP contribution < -0.4 is 10.1 Å². The van der Waals surface area contributed by atoms with Gasteiger partial charge in [-0.2, -0.15) is 0 Å². The minimum absolute atomic E-state index is 0.0511. The SMILES string of the molecule is COc1ccc(CN2CC[C@@H]3[C@@H](CO[C@H]3CC(=O)NC3CS(=O)(=O)C3)C2)cc1. The standard InChI is InChI=1S/C20H28N2O5S/c1-26-17-4-2-14(3-5-17)9-22-7-6-18-15(10-22)11-27-19(18)8-20(23)21-16-12-28(24,25)13-16/h2-5,15-16,18-19H,6-13H2,1H3,(H,21,23)/t15-,18-,19+/m1/s1. The normalized spacial score (nSPS) is 29.7. The summed E-state index contributed by atoms with van der Waals surface area (Å²) in [5.41, 5.74) is 1.27. The first-order chi connectivity index (χ1) is 13.4. The monoisotopic (exact) mass is 408 g/mol. The van der Waals surface area contributed by atoms with Crippen LogP contribution in [0.1, 0.15) is 18.4 Å². The first-order valence-electron chi connectivity index (χ1n) is 9.88. The third kappa shape index (κ3) is 4.50. The predicted molar refractivity (Wildman–Crippen MR) is 105 cm³/mol. The van der Waals surface area contributed by atoms with Crippen LogP contribution in [0.2, 0.25) is 0 Å². The lowest BCUT2D eigenvalue weighted by atomic mass is 9.83. The Bertz CT molecular complexity index is 798. The number of amides is 1. The molecule has 1 aromatic rings. The third-order valence-corrected chi connectivity index (χ3v) is 7.93. The summed E-state index contributed by atoms with van der Waals surface area (Å²) in [5, 5.41) is 2.83. The van der Waals surface area contributed by atoms with Crippen LogP contribution in [0.15, 0.2) is 24.3 Å². The maximum atomic E-state index is 12.2. The number of carbonyl (C=O) groups is 1. The minimum Gasteiger partial charge on any atom is -0.497 e. The summed E-state index contributed by atoms with van der Waals surface area (Å²) in [5.74, 6) is 1.77. The molecule has 0 saturated carbocycles. The van der Waals surface area contributed by atoms with Gasteiger partial charge in [-0.3, -0.25) is 9.69 Å². The smallest absolute Gasteiger partial charge is 0.222 e. The van der Waals surface area contributed by atoms with E-state index in [1.165, 1.54) is 5.56 Å². The van der Waals surface area contributed by atoms with E-state index < -0.39 is 9.84 Å². The molecule has 1 N–H and O–H groups in total. The largest absolute Gasteiger partial charge is 0.497 e. The Morgan fingerprint density at radius 2 is 2.04 bits per heavy atom. The molecule has 8 heteroatoms. The molecule has 0 spiro atoms. The number of nitrogens with zero attached hydrogens (tertiary/aromatic N) is 1. The van der Waals surface area contributed by atoms with Gasteiger partial charge < -0.3 is 14.8 Å². The summed E-state index contributed by atoms with van der Waals surface area (Å²) in [6, 6.07) is 7.96. The van der Waals surface area contributed by atoms with Gasteiger partial charge in [0.2, 0.25) is 5.91 Å². The molecule has 0 radical (unpaired) electrons. The van der Waals surface area contributed by atoms with Crippen LogP contribution in [-0.2, 0) is 25.9 Å². The Kier molecular flexibility index (Phi) is 5.62. The van der Waals surface area contributed by atoms with Crippen molar-refractivity contribution in [3.8, 4) is 5.75 Å². The second kappa shape index (κ2) is 8.00. The van der Waals surface area contributed by atoms with Crippen LogP contribution in [0, 0.1) is 11.8 Å². The number of piperidine rings is 1. The number of rotatable bonds is 6. The summed E-state index contributed by atoms with van der Waals surface area (Å²) >= 11 is 0. The molecule has 0 bridgehead atoms. The highest BCUT2D eigenvalue weighted by molar-refractivity contribution is 7.92. The van der Waals surface area contributed by atoms with Gasteiger partial charge in [0.05, 0.1) is 43.8 Å². The number of hydrogen-bond donors (Lipinski definition) is 1. The van der Waals surface area contributed by atoms with Crippen LogP contribution in [-0.4, -0.2) is 69.7 Å². The number of nitrogens with one attached hydrogen (secondary N) is 1. The lowest BCUT2D eigenvalue weighted by molar-refractivity contribution is -0.124. The summed E-state index contributed by atoms with van der Waals surface area (Å²) in [4.78, 5) is 14.7. The molecule has 0 unspecified atom stereocenters. The summed E-state index contributed by atoms with van der Waals surface area (Å²) in [6.45, 7) is 3.58. The molecule has 3 atom stereocenters. The number of likely N-dealkylation sites (tertiary alicyclic amines) is 1. The molecular weight excluding hydrogens is 380 g/mol. The highest BCUT2D eigenvalue weighted by Crippen LogP contribution is 2.36. The van der Waals surface area contributed by atoms with E-state index in [1.54, 1.807) is 7.11 Å². The van der Waals surface area contributed by atoms with E-state index in [-0.39, 0.29) is 29.6 Å². The number of sulfone groups is 1. The van der Waals surface area contributed by atoms with Crippen LogP contribution >= 0.6 is 0 Å². The van der Waals surface area contributed by atoms with Crippen LogP contribution in [0.5, 0.6) is 5.75 Å². The lowest BCUT2D eigenvalue weighted by Crippen LogP contribution is -2.53. The van der Waals surface area contributed by atoms with Gasteiger partial charge in [0.1, 0.15) is 5.75 Å². The van der Waals surface area contributed by atoms with Crippen molar-refractivity contribution in [2.24, 2.45) is 11.8 Å². The fraction of sp³-hybridized carbons (Fsp3) is 0.650. The molecule has 3 heterocycles. The van der Waals surface area contributed by atoms with E-state index in [2.05, 4.69) is 22.3 Å². The number of ether oxygens (including phenoxy) is 2. The molecule has 3 saturated heterocycles. The molecule has 7 nitrogen and oxygen atoms in total. The fourth-order valence-electron chi connectivity index (χ4n) is 4.62. The summed E-state index contributed by atoms with van der Waals surface area (Å²) in [6.07, 6.45) is 1.30. The van der Waals surface area contributed by atoms with E-state index in [0.29, 0.717) is 24.9 Å². The maximum absolute atomic E-state index is 12.2. The highest BCUT2D eigenvalue weighted by Gasteiger charge is 2.42. The topological polar surface area (TPSA) is 84.9 Å². The molecule has 0 aromatic heterocycles. The van der Waals surface area contributed by atoms with Crippen molar-refractivity contribution in [3.05, 3.63) is 29.8 Å². The summed E-state index contributed by atoms with van der Waals surface area (Å²) in [7, 11) is -1.25. The Morgan fingerprint density at radius 3 is 2.71 bits per heavy atom. The highest BCUT2D eigenvalue weighted by atomic mass is 32.2. The molecular formula is C20H28N2O5S. The molecule has 1 amide bonds. The van der Waals surface area contributed by atoms with Gasteiger partial charge in [0.25, 0.3) is 0 Å². The van der Waals surface area contributed by atoms with E-state index >= 15 is 0 Å². The average molecular weight is 409 g/mol. The number of hydrogen-bond acceptors (Lipinski definition) is 6. The molecule has 3 fully saturated rings. The van der Waals surface area contributed by atoms with Gasteiger partial charge in [0.15, 0.2) is 9.84 Å². The van der Waals surface area contributed by atoms with Crippen molar-refractivity contribution in [2.75, 3.05) is 38.3 Å². The molecule has 3 aliphatic rings. The van der Waals surface area contributed by atoms with E-state index in [0.717, 1.165) is 31.8 Å². The zero-order valence-electron chi connectivity index (χ0n) is 16.2. The Morgan fingerprint density at radius 1 is 1.29 bits per heavy atom. The van der Waals surface area contributed by atoms with Crippen LogP contribution in [0.4, 0.5) is 0 Å². The number of benzene rings is 1. The van der Waals surface area contributed by atoms with E-state index in [4.69, 9.17) is 9.47 Å². The zero-order valence-corrected chi connectivity index (χ0v) is 17.0. The van der Waals surface area contributed by atoms with Gasteiger partial charge in [0, 0.05) is 19.0 Å². The predicted octanol–water partition coefficient (Wildman–Crippen LogP) is 0.835. The van der Waals surface area contributed by atoms with E-state index in [9.17, 15) is 13.2 Å². The van der Waals surface area contributed by atoms with Gasteiger partial charge in [-0.1, -0.05) is 12.1 Å². The fourth-order valence-corrected chi connectivity index (χ4v) is 5.92. The van der Waals surface area contributed by atoms with Gasteiger partial charge >= 0.3 is 0 Å². The van der Waals surface area contributed by atoms with Crippen molar-refractivity contribution >= 4 is 15.7 Å². The molecule has 0 aliphatic carbocycles. The van der Waals surface area contributed by atoms with Gasteiger partial charge in [-0.25, -0.2) is 8.42 Å². The van der Waals surface area contributed by atoms with Crippen molar-refractivity contribution < 1.29 is 22.7 Å². The molecule has 28 heavy (non-hydrogen) atoms. The van der Waals surface area contributed by atoms with Crippen molar-refractivity contribution in [3.63, 3.8) is 0 Å². The van der Waals surface area contributed by atoms with Crippen molar-refractivity contribution in [1.82, 2.24) is 10.2 Å². The Hall–Kier alpha value is -1.64. The minimum atomic E-state index is -2.92. The second-order valence-electron chi connectivity index (χ2n) is 8.21. The first-order valence-corrected chi connectivity index (χ1v) is 11.7.